The van der Waals surface area contributed by atoms with Crippen molar-refractivity contribution >= 4 is 15.8 Å². The molecule has 0 aliphatic carbocycles. The molecule has 7 heteroatoms. The molecule has 0 unspecified atom stereocenters. The lowest BCUT2D eigenvalue weighted by molar-refractivity contribution is 0.122. The monoisotopic (exact) mass is 415 g/mol. The minimum atomic E-state index is -3.54. The first-order valence-electron chi connectivity index (χ1n) is 10.3. The summed E-state index contributed by atoms with van der Waals surface area (Å²) in [4.78, 5) is 7.33. The Hall–Kier alpha value is -1.96. The molecule has 4 rings (SSSR count). The van der Waals surface area contributed by atoms with E-state index in [1.54, 1.807) is 16.4 Å². The maximum Gasteiger partial charge on any atom is 0.243 e. The molecule has 3 heterocycles. The number of nitrogens with zero attached hydrogens (tertiary/aromatic N) is 3. The highest BCUT2D eigenvalue weighted by atomic mass is 32.2. The van der Waals surface area contributed by atoms with Gasteiger partial charge in [-0.2, -0.15) is 4.31 Å². The van der Waals surface area contributed by atoms with Crippen molar-refractivity contribution in [3.05, 3.63) is 53.2 Å². The summed E-state index contributed by atoms with van der Waals surface area (Å²) in [6.07, 6.45) is 4.60. The number of anilines is 1. The molecule has 1 aromatic heterocycles. The fraction of sp³-hybridized carbons (Fsp3) is 0.500. The van der Waals surface area contributed by atoms with Crippen molar-refractivity contribution in [2.75, 3.05) is 37.7 Å². The Morgan fingerprint density at radius 2 is 1.76 bits per heavy atom. The first-order valence-corrected chi connectivity index (χ1v) is 11.8. The minimum Gasteiger partial charge on any atom is -0.378 e. The maximum absolute atomic E-state index is 13.4. The van der Waals surface area contributed by atoms with Crippen molar-refractivity contribution < 1.29 is 13.2 Å². The van der Waals surface area contributed by atoms with Gasteiger partial charge < -0.3 is 9.64 Å². The third kappa shape index (κ3) is 4.17. The SMILES string of the molecule is Cc1ccc(S(=O)(=O)N2CCCC[C@@H]2c2cnc(N3CCOCC3)c(C)c2)cc1. The number of aryl methyl sites for hydroxylation is 2. The van der Waals surface area contributed by atoms with E-state index in [1.807, 2.05) is 25.3 Å². The molecule has 2 aromatic rings. The van der Waals surface area contributed by atoms with Gasteiger partial charge in [-0.3, -0.25) is 0 Å². The molecule has 0 amide bonds. The van der Waals surface area contributed by atoms with Crippen LogP contribution in [-0.4, -0.2) is 50.6 Å². The van der Waals surface area contributed by atoms with Gasteiger partial charge in [0.25, 0.3) is 0 Å². The first-order chi connectivity index (χ1) is 14.0. The topological polar surface area (TPSA) is 62.7 Å². The van der Waals surface area contributed by atoms with Crippen LogP contribution >= 0.6 is 0 Å². The molecule has 0 radical (unpaired) electrons. The molecule has 29 heavy (non-hydrogen) atoms. The second-order valence-electron chi connectivity index (χ2n) is 7.95. The smallest absolute Gasteiger partial charge is 0.243 e. The van der Waals surface area contributed by atoms with Crippen LogP contribution in [0.2, 0.25) is 0 Å². The van der Waals surface area contributed by atoms with E-state index in [4.69, 9.17) is 9.72 Å². The Bertz CT molecular complexity index is 954. The van der Waals surface area contributed by atoms with Gasteiger partial charge in [0.2, 0.25) is 10.0 Å². The van der Waals surface area contributed by atoms with Crippen molar-refractivity contribution in [3.63, 3.8) is 0 Å². The Morgan fingerprint density at radius 1 is 1.03 bits per heavy atom. The van der Waals surface area contributed by atoms with Crippen LogP contribution in [-0.2, 0) is 14.8 Å². The number of rotatable bonds is 4. The summed E-state index contributed by atoms with van der Waals surface area (Å²) in [6, 6.07) is 9.08. The van der Waals surface area contributed by atoms with Gasteiger partial charge in [0.15, 0.2) is 0 Å². The highest BCUT2D eigenvalue weighted by Gasteiger charge is 2.34. The van der Waals surface area contributed by atoms with E-state index in [2.05, 4.69) is 17.9 Å². The Kier molecular flexibility index (Phi) is 5.90. The van der Waals surface area contributed by atoms with E-state index in [-0.39, 0.29) is 6.04 Å². The standard InChI is InChI=1S/C22H29N3O3S/c1-17-6-8-20(9-7-17)29(26,27)25-10-4-3-5-21(25)19-15-18(2)22(23-16-19)24-11-13-28-14-12-24/h6-9,15-16,21H,3-5,10-14H2,1-2H3/t21-/m1/s1. The van der Waals surface area contributed by atoms with Gasteiger partial charge in [-0.15, -0.1) is 0 Å². The summed E-state index contributed by atoms with van der Waals surface area (Å²) in [5.41, 5.74) is 3.12. The van der Waals surface area contributed by atoms with Crippen LogP contribution in [0, 0.1) is 13.8 Å². The number of pyridine rings is 1. The van der Waals surface area contributed by atoms with Crippen molar-refractivity contribution in [1.29, 1.82) is 0 Å². The van der Waals surface area contributed by atoms with Crippen LogP contribution in [0.25, 0.3) is 0 Å². The molecule has 1 aromatic carbocycles. The molecule has 156 valence electrons. The third-order valence-electron chi connectivity index (χ3n) is 5.85. The quantitative estimate of drug-likeness (QED) is 0.765. The lowest BCUT2D eigenvalue weighted by Crippen LogP contribution is -2.39. The third-order valence-corrected chi connectivity index (χ3v) is 7.77. The van der Waals surface area contributed by atoms with Crippen LogP contribution < -0.4 is 4.90 Å². The van der Waals surface area contributed by atoms with Crippen molar-refractivity contribution in [2.45, 2.75) is 44.0 Å². The second-order valence-corrected chi connectivity index (χ2v) is 9.84. The Morgan fingerprint density at radius 3 is 2.45 bits per heavy atom. The van der Waals surface area contributed by atoms with E-state index in [0.717, 1.165) is 54.9 Å². The maximum atomic E-state index is 13.4. The van der Waals surface area contributed by atoms with Gasteiger partial charge in [-0.25, -0.2) is 13.4 Å². The van der Waals surface area contributed by atoms with Gasteiger partial charge >= 0.3 is 0 Å². The number of hydrogen-bond donors (Lipinski definition) is 0. The summed E-state index contributed by atoms with van der Waals surface area (Å²) in [7, 11) is -3.54. The zero-order chi connectivity index (χ0) is 20.4. The van der Waals surface area contributed by atoms with Crippen molar-refractivity contribution in [1.82, 2.24) is 9.29 Å². The first kappa shape index (κ1) is 20.3. The predicted molar refractivity (Wildman–Crippen MR) is 114 cm³/mol. The molecule has 0 N–H and O–H groups in total. The second kappa shape index (κ2) is 8.42. The van der Waals surface area contributed by atoms with Gasteiger partial charge in [0.1, 0.15) is 5.82 Å². The molecule has 2 fully saturated rings. The van der Waals surface area contributed by atoms with Crippen LogP contribution in [0.5, 0.6) is 0 Å². The van der Waals surface area contributed by atoms with Crippen molar-refractivity contribution in [2.24, 2.45) is 0 Å². The molecular weight excluding hydrogens is 386 g/mol. The molecule has 1 atom stereocenters. The Balaban J connectivity index is 1.63. The van der Waals surface area contributed by atoms with Crippen LogP contribution in [0.3, 0.4) is 0 Å². The molecule has 0 spiro atoms. The van der Waals surface area contributed by atoms with E-state index in [9.17, 15) is 8.42 Å². The normalized spacial score (nSPS) is 21.3. The number of aromatic nitrogens is 1. The molecule has 2 aliphatic heterocycles. The summed E-state index contributed by atoms with van der Waals surface area (Å²) in [6.45, 7) is 7.68. The van der Waals surface area contributed by atoms with Gasteiger partial charge in [-0.1, -0.05) is 24.1 Å². The Labute approximate surface area is 173 Å². The highest BCUT2D eigenvalue weighted by Crippen LogP contribution is 2.36. The van der Waals surface area contributed by atoms with Crippen LogP contribution in [0.1, 0.15) is 42.0 Å². The lowest BCUT2D eigenvalue weighted by Gasteiger charge is -2.35. The summed E-state index contributed by atoms with van der Waals surface area (Å²) in [5, 5.41) is 0. The van der Waals surface area contributed by atoms with Crippen LogP contribution in [0.4, 0.5) is 5.82 Å². The van der Waals surface area contributed by atoms with Gasteiger partial charge in [-0.05, 0) is 56.0 Å². The summed E-state index contributed by atoms with van der Waals surface area (Å²) >= 11 is 0. The number of hydrogen-bond acceptors (Lipinski definition) is 5. The fourth-order valence-corrected chi connectivity index (χ4v) is 5.93. The molecule has 0 bridgehead atoms. The molecule has 6 nitrogen and oxygen atoms in total. The average Bonchev–Trinajstić information content (AvgIpc) is 2.74. The molecule has 0 saturated carbocycles. The number of benzene rings is 1. The molecule has 2 saturated heterocycles. The average molecular weight is 416 g/mol. The number of ether oxygens (including phenoxy) is 1. The van der Waals surface area contributed by atoms with Crippen molar-refractivity contribution in [3.8, 4) is 0 Å². The zero-order valence-corrected chi connectivity index (χ0v) is 18.0. The minimum absolute atomic E-state index is 0.167. The van der Waals surface area contributed by atoms with Crippen LogP contribution in [0.15, 0.2) is 41.4 Å². The predicted octanol–water partition coefficient (Wildman–Crippen LogP) is 3.45. The van der Waals surface area contributed by atoms with E-state index >= 15 is 0 Å². The summed E-state index contributed by atoms with van der Waals surface area (Å²) in [5.74, 6) is 0.973. The zero-order valence-electron chi connectivity index (χ0n) is 17.2. The van der Waals surface area contributed by atoms with Gasteiger partial charge in [0, 0.05) is 25.8 Å². The van der Waals surface area contributed by atoms with E-state index in [1.165, 1.54) is 0 Å². The number of sulfonamides is 1. The van der Waals surface area contributed by atoms with E-state index in [0.29, 0.717) is 24.7 Å². The fourth-order valence-electron chi connectivity index (χ4n) is 4.25. The largest absolute Gasteiger partial charge is 0.378 e. The van der Waals surface area contributed by atoms with E-state index < -0.39 is 10.0 Å². The highest BCUT2D eigenvalue weighted by molar-refractivity contribution is 7.89. The summed E-state index contributed by atoms with van der Waals surface area (Å²) < 4.78 is 33.8. The number of morpholine rings is 1. The molecular formula is C22H29N3O3S. The molecule has 2 aliphatic rings. The van der Waals surface area contributed by atoms with Gasteiger partial charge in [0.05, 0.1) is 24.2 Å². The lowest BCUT2D eigenvalue weighted by atomic mass is 9.98. The number of piperidine rings is 1.